The number of fused-ring (bicyclic) bond motifs is 1. The van der Waals surface area contributed by atoms with Crippen LogP contribution in [0.1, 0.15) is 23.5 Å². The maximum atomic E-state index is 5.82. The molecule has 102 valence electrons. The highest BCUT2D eigenvalue weighted by atomic mass is 32.1. The van der Waals surface area contributed by atoms with E-state index in [1.54, 1.807) is 11.3 Å². The lowest BCUT2D eigenvalue weighted by atomic mass is 10.1. The predicted molar refractivity (Wildman–Crippen MR) is 83.0 cm³/mol. The molecule has 0 amide bonds. The maximum absolute atomic E-state index is 5.82. The van der Waals surface area contributed by atoms with Gasteiger partial charge in [0.15, 0.2) is 0 Å². The molecular formula is C16H16N2OS. The van der Waals surface area contributed by atoms with E-state index in [0.29, 0.717) is 6.61 Å². The number of thiazole rings is 1. The fourth-order valence-electron chi connectivity index (χ4n) is 1.99. The molecule has 0 radical (unpaired) electrons. The van der Waals surface area contributed by atoms with Crippen LogP contribution in [-0.2, 0) is 6.61 Å². The van der Waals surface area contributed by atoms with Crippen molar-refractivity contribution in [2.45, 2.75) is 19.6 Å². The molecule has 2 aromatic carbocycles. The van der Waals surface area contributed by atoms with Gasteiger partial charge in [0.1, 0.15) is 17.4 Å². The summed E-state index contributed by atoms with van der Waals surface area (Å²) >= 11 is 1.67. The number of rotatable bonds is 4. The van der Waals surface area contributed by atoms with Gasteiger partial charge in [-0.2, -0.15) is 0 Å². The minimum absolute atomic E-state index is 0.0494. The lowest BCUT2D eigenvalue weighted by molar-refractivity contribution is 0.305. The Labute approximate surface area is 122 Å². The Hall–Kier alpha value is -1.91. The van der Waals surface area contributed by atoms with E-state index < -0.39 is 0 Å². The van der Waals surface area contributed by atoms with Crippen molar-refractivity contribution in [2.24, 2.45) is 5.73 Å². The fraction of sp³-hybridized carbons (Fsp3) is 0.188. The van der Waals surface area contributed by atoms with Crippen LogP contribution in [0.4, 0.5) is 0 Å². The van der Waals surface area contributed by atoms with E-state index in [4.69, 9.17) is 10.5 Å². The average molecular weight is 284 g/mol. The second-order valence-corrected chi connectivity index (χ2v) is 5.84. The Balaban J connectivity index is 1.69. The van der Waals surface area contributed by atoms with Crippen molar-refractivity contribution in [2.75, 3.05) is 0 Å². The van der Waals surface area contributed by atoms with Gasteiger partial charge in [0.05, 0.1) is 10.2 Å². The first-order valence-electron chi connectivity index (χ1n) is 6.55. The number of benzene rings is 2. The number of para-hydroxylation sites is 1. The molecule has 2 N–H and O–H groups in total. The number of ether oxygens (including phenoxy) is 1. The van der Waals surface area contributed by atoms with E-state index in [-0.39, 0.29) is 6.04 Å². The molecule has 1 heterocycles. The van der Waals surface area contributed by atoms with Gasteiger partial charge in [-0.15, -0.1) is 11.3 Å². The van der Waals surface area contributed by atoms with Gasteiger partial charge >= 0.3 is 0 Å². The van der Waals surface area contributed by atoms with Crippen molar-refractivity contribution in [1.82, 2.24) is 4.98 Å². The van der Waals surface area contributed by atoms with Crippen molar-refractivity contribution in [3.05, 3.63) is 59.1 Å². The highest BCUT2D eigenvalue weighted by molar-refractivity contribution is 7.18. The molecule has 0 aliphatic rings. The topological polar surface area (TPSA) is 48.1 Å². The van der Waals surface area contributed by atoms with E-state index in [2.05, 4.69) is 11.1 Å². The zero-order valence-corrected chi connectivity index (χ0v) is 12.1. The van der Waals surface area contributed by atoms with Crippen LogP contribution < -0.4 is 10.5 Å². The van der Waals surface area contributed by atoms with Crippen LogP contribution in [0, 0.1) is 0 Å². The van der Waals surface area contributed by atoms with Gasteiger partial charge in [-0.05, 0) is 36.8 Å². The Morgan fingerprint density at radius 2 is 1.90 bits per heavy atom. The molecule has 0 bridgehead atoms. The second kappa shape index (κ2) is 5.61. The van der Waals surface area contributed by atoms with Crippen LogP contribution in [0.5, 0.6) is 5.75 Å². The Bertz CT molecular complexity index is 671. The Morgan fingerprint density at radius 1 is 1.15 bits per heavy atom. The Morgan fingerprint density at radius 3 is 2.60 bits per heavy atom. The van der Waals surface area contributed by atoms with Gasteiger partial charge in [-0.1, -0.05) is 24.3 Å². The van der Waals surface area contributed by atoms with Gasteiger partial charge in [-0.25, -0.2) is 4.98 Å². The molecule has 0 spiro atoms. The quantitative estimate of drug-likeness (QED) is 0.790. The molecular weight excluding hydrogens is 268 g/mol. The maximum Gasteiger partial charge on any atom is 0.140 e. The summed E-state index contributed by atoms with van der Waals surface area (Å²) in [5.74, 6) is 0.841. The van der Waals surface area contributed by atoms with E-state index in [9.17, 15) is 0 Å². The monoisotopic (exact) mass is 284 g/mol. The van der Waals surface area contributed by atoms with Crippen molar-refractivity contribution < 1.29 is 4.74 Å². The largest absolute Gasteiger partial charge is 0.486 e. The summed E-state index contributed by atoms with van der Waals surface area (Å²) in [6, 6.07) is 16.1. The summed E-state index contributed by atoms with van der Waals surface area (Å²) in [5, 5.41) is 0.988. The lowest BCUT2D eigenvalue weighted by Gasteiger charge is -2.07. The highest BCUT2D eigenvalue weighted by Crippen LogP contribution is 2.23. The fourth-order valence-corrected chi connectivity index (χ4v) is 2.87. The van der Waals surface area contributed by atoms with Gasteiger partial charge < -0.3 is 10.5 Å². The van der Waals surface area contributed by atoms with Crippen LogP contribution in [0.3, 0.4) is 0 Å². The minimum atomic E-state index is 0.0494. The molecule has 1 aromatic heterocycles. The normalized spacial score (nSPS) is 12.5. The third-order valence-corrected chi connectivity index (χ3v) is 4.12. The van der Waals surface area contributed by atoms with E-state index in [1.165, 1.54) is 4.70 Å². The molecule has 20 heavy (non-hydrogen) atoms. The standard InChI is InChI=1S/C16H16N2OS/c1-11(17)12-6-8-13(9-7-12)19-10-16-18-14-4-2-3-5-15(14)20-16/h2-9,11H,10,17H2,1H3/t11-/m0/s1. The molecule has 0 saturated carbocycles. The van der Waals surface area contributed by atoms with Crippen LogP contribution in [-0.4, -0.2) is 4.98 Å². The Kier molecular flexibility index (Phi) is 3.67. The van der Waals surface area contributed by atoms with Crippen molar-refractivity contribution in [3.63, 3.8) is 0 Å². The van der Waals surface area contributed by atoms with Crippen LogP contribution in [0.2, 0.25) is 0 Å². The summed E-state index contributed by atoms with van der Waals surface area (Å²) in [6.45, 7) is 2.47. The van der Waals surface area contributed by atoms with Gasteiger partial charge in [-0.3, -0.25) is 0 Å². The summed E-state index contributed by atoms with van der Waals surface area (Å²) in [4.78, 5) is 4.55. The molecule has 3 aromatic rings. The summed E-state index contributed by atoms with van der Waals surface area (Å²) in [6.07, 6.45) is 0. The molecule has 0 fully saturated rings. The van der Waals surface area contributed by atoms with Crippen molar-refractivity contribution in [1.29, 1.82) is 0 Å². The van der Waals surface area contributed by atoms with E-state index >= 15 is 0 Å². The number of hydrogen-bond acceptors (Lipinski definition) is 4. The van der Waals surface area contributed by atoms with Gasteiger partial charge in [0.2, 0.25) is 0 Å². The molecule has 1 atom stereocenters. The molecule has 0 unspecified atom stereocenters. The lowest BCUT2D eigenvalue weighted by Crippen LogP contribution is -2.04. The molecule has 0 saturated heterocycles. The van der Waals surface area contributed by atoms with Crippen LogP contribution >= 0.6 is 11.3 Å². The molecule has 4 heteroatoms. The first-order chi connectivity index (χ1) is 9.72. The number of nitrogens with zero attached hydrogens (tertiary/aromatic N) is 1. The van der Waals surface area contributed by atoms with Gasteiger partial charge in [0, 0.05) is 6.04 Å². The molecule has 0 aliphatic carbocycles. The first kappa shape index (κ1) is 13.1. The summed E-state index contributed by atoms with van der Waals surface area (Å²) in [7, 11) is 0. The third-order valence-electron chi connectivity index (χ3n) is 3.11. The number of aromatic nitrogens is 1. The zero-order valence-electron chi connectivity index (χ0n) is 11.2. The highest BCUT2D eigenvalue weighted by Gasteiger charge is 2.04. The first-order valence-corrected chi connectivity index (χ1v) is 7.37. The van der Waals surface area contributed by atoms with Crippen molar-refractivity contribution >= 4 is 21.6 Å². The van der Waals surface area contributed by atoms with E-state index in [0.717, 1.165) is 21.8 Å². The minimum Gasteiger partial charge on any atom is -0.486 e. The summed E-state index contributed by atoms with van der Waals surface area (Å²) < 4.78 is 6.96. The summed E-state index contributed by atoms with van der Waals surface area (Å²) in [5.41, 5.74) is 7.96. The number of nitrogens with two attached hydrogens (primary N) is 1. The molecule has 3 rings (SSSR count). The smallest absolute Gasteiger partial charge is 0.140 e. The van der Waals surface area contributed by atoms with Gasteiger partial charge in [0.25, 0.3) is 0 Å². The molecule has 0 aliphatic heterocycles. The zero-order chi connectivity index (χ0) is 13.9. The predicted octanol–water partition coefficient (Wildman–Crippen LogP) is 3.90. The number of hydrogen-bond donors (Lipinski definition) is 1. The second-order valence-electron chi connectivity index (χ2n) is 4.72. The molecule has 3 nitrogen and oxygen atoms in total. The SMILES string of the molecule is C[C@H](N)c1ccc(OCc2nc3ccccc3s2)cc1. The van der Waals surface area contributed by atoms with E-state index in [1.807, 2.05) is 49.4 Å². The van der Waals surface area contributed by atoms with Crippen LogP contribution in [0.25, 0.3) is 10.2 Å². The van der Waals surface area contributed by atoms with Crippen LogP contribution in [0.15, 0.2) is 48.5 Å². The third kappa shape index (κ3) is 2.81. The average Bonchev–Trinajstić information content (AvgIpc) is 2.88. The van der Waals surface area contributed by atoms with Crippen molar-refractivity contribution in [3.8, 4) is 5.75 Å².